The van der Waals surface area contributed by atoms with E-state index in [1.807, 2.05) is 18.2 Å². The summed E-state index contributed by atoms with van der Waals surface area (Å²) >= 11 is 1.45. The molecule has 0 spiro atoms. The van der Waals surface area contributed by atoms with Crippen molar-refractivity contribution in [3.63, 3.8) is 0 Å². The van der Waals surface area contributed by atoms with Crippen LogP contribution in [0.2, 0.25) is 0 Å². The second-order valence-corrected chi connectivity index (χ2v) is 8.17. The van der Waals surface area contributed by atoms with E-state index in [-0.39, 0.29) is 5.76 Å². The van der Waals surface area contributed by atoms with Crippen molar-refractivity contribution in [2.24, 2.45) is 0 Å². The molecule has 0 aliphatic heterocycles. The maximum Gasteiger partial charge on any atom is 0.375 e. The minimum Gasteiger partial charge on any atom is -0.449 e. The molecule has 0 fully saturated rings. The zero-order chi connectivity index (χ0) is 20.4. The lowest BCUT2D eigenvalue weighted by molar-refractivity contribution is -0.123. The zero-order valence-corrected chi connectivity index (χ0v) is 16.8. The first kappa shape index (κ1) is 19.2. The lowest BCUT2D eigenvalue weighted by Crippen LogP contribution is -2.29. The Labute approximate surface area is 172 Å². The fourth-order valence-electron chi connectivity index (χ4n) is 3.52. The van der Waals surface area contributed by atoms with Crippen LogP contribution in [0.5, 0.6) is 0 Å². The van der Waals surface area contributed by atoms with E-state index in [1.165, 1.54) is 23.1 Å². The van der Waals surface area contributed by atoms with Crippen molar-refractivity contribution in [3.8, 4) is 6.07 Å². The van der Waals surface area contributed by atoms with Crippen LogP contribution in [0.4, 0.5) is 5.00 Å². The quantitative estimate of drug-likeness (QED) is 0.494. The van der Waals surface area contributed by atoms with Gasteiger partial charge in [0.25, 0.3) is 5.91 Å². The summed E-state index contributed by atoms with van der Waals surface area (Å²) in [5.74, 6) is -1.12. The van der Waals surface area contributed by atoms with Crippen molar-refractivity contribution in [2.45, 2.75) is 45.1 Å². The summed E-state index contributed by atoms with van der Waals surface area (Å²) < 4.78 is 10.8. The third kappa shape index (κ3) is 3.89. The van der Waals surface area contributed by atoms with Crippen molar-refractivity contribution in [3.05, 3.63) is 52.1 Å². The Bertz CT molecular complexity index is 1090. The Morgan fingerprint density at radius 1 is 1.24 bits per heavy atom. The summed E-state index contributed by atoms with van der Waals surface area (Å²) in [5, 5.41) is 13.7. The van der Waals surface area contributed by atoms with Crippen LogP contribution in [0.15, 0.2) is 34.7 Å². The number of furan rings is 1. The molecular weight excluding hydrogens is 388 g/mol. The fraction of sp³-hybridized carbons (Fsp3) is 0.318. The number of esters is 1. The summed E-state index contributed by atoms with van der Waals surface area (Å²) in [5.41, 5.74) is 2.17. The number of fused-ring (bicyclic) bond motifs is 2. The van der Waals surface area contributed by atoms with Gasteiger partial charge >= 0.3 is 5.97 Å². The average molecular weight is 408 g/mol. The number of nitrogens with one attached hydrogen (secondary N) is 1. The number of hydrogen-bond acceptors (Lipinski definition) is 6. The summed E-state index contributed by atoms with van der Waals surface area (Å²) in [6.45, 7) is 1.50. The smallest absolute Gasteiger partial charge is 0.375 e. The number of rotatable bonds is 4. The monoisotopic (exact) mass is 408 g/mol. The first-order chi connectivity index (χ1) is 14.1. The van der Waals surface area contributed by atoms with Crippen molar-refractivity contribution in [1.29, 1.82) is 5.26 Å². The number of thiophene rings is 1. The molecule has 29 heavy (non-hydrogen) atoms. The van der Waals surface area contributed by atoms with Crippen LogP contribution >= 0.6 is 11.3 Å². The predicted molar refractivity (Wildman–Crippen MR) is 110 cm³/mol. The molecule has 4 rings (SSSR count). The van der Waals surface area contributed by atoms with E-state index in [2.05, 4.69) is 11.4 Å². The highest BCUT2D eigenvalue weighted by molar-refractivity contribution is 7.16. The van der Waals surface area contributed by atoms with Crippen molar-refractivity contribution in [2.75, 3.05) is 5.32 Å². The molecule has 1 N–H and O–H groups in total. The van der Waals surface area contributed by atoms with Crippen LogP contribution in [0.25, 0.3) is 11.0 Å². The number of carbonyl (C=O) groups excluding carboxylic acids is 2. The first-order valence-electron chi connectivity index (χ1n) is 9.62. The van der Waals surface area contributed by atoms with E-state index in [0.717, 1.165) is 43.1 Å². The number of hydrogen-bond donors (Lipinski definition) is 1. The molecular formula is C22H20N2O4S. The minimum absolute atomic E-state index is 0.0476. The Kier molecular flexibility index (Phi) is 5.36. The van der Waals surface area contributed by atoms with Crippen LogP contribution < -0.4 is 5.32 Å². The van der Waals surface area contributed by atoms with Gasteiger partial charge in [-0.2, -0.15) is 5.26 Å². The van der Waals surface area contributed by atoms with Gasteiger partial charge in [0.2, 0.25) is 5.76 Å². The van der Waals surface area contributed by atoms with E-state index in [1.54, 1.807) is 12.1 Å². The maximum atomic E-state index is 12.6. The van der Waals surface area contributed by atoms with E-state index in [9.17, 15) is 14.9 Å². The number of nitriles is 1. The predicted octanol–water partition coefficient (Wildman–Crippen LogP) is 4.82. The van der Waals surface area contributed by atoms with Gasteiger partial charge in [0.05, 0.1) is 5.56 Å². The SMILES string of the molecule is C[C@H](OC(=O)c1cc2ccccc2o1)C(=O)Nc1sc2c(c1C#N)CCCCC2. The molecule has 0 bridgehead atoms. The molecule has 0 saturated carbocycles. The van der Waals surface area contributed by atoms with Crippen molar-refractivity contribution in [1.82, 2.24) is 0 Å². The summed E-state index contributed by atoms with van der Waals surface area (Å²) in [6, 6.07) is 11.1. The number of para-hydroxylation sites is 1. The third-order valence-corrected chi connectivity index (χ3v) is 6.26. The molecule has 3 aromatic rings. The second kappa shape index (κ2) is 8.10. The molecule has 0 unspecified atom stereocenters. The summed E-state index contributed by atoms with van der Waals surface area (Å²) in [6.07, 6.45) is 4.07. The fourth-order valence-corrected chi connectivity index (χ4v) is 4.76. The van der Waals surface area contributed by atoms with Gasteiger partial charge in [-0.15, -0.1) is 11.3 Å². The molecule has 0 radical (unpaired) electrons. The van der Waals surface area contributed by atoms with E-state index >= 15 is 0 Å². The van der Waals surface area contributed by atoms with Crippen LogP contribution in [0.1, 0.15) is 52.7 Å². The van der Waals surface area contributed by atoms with Gasteiger partial charge in [0.15, 0.2) is 6.10 Å². The molecule has 7 heteroatoms. The zero-order valence-electron chi connectivity index (χ0n) is 16.0. The molecule has 1 amide bonds. The lowest BCUT2D eigenvalue weighted by atomic mass is 10.1. The second-order valence-electron chi connectivity index (χ2n) is 7.07. The summed E-state index contributed by atoms with van der Waals surface area (Å²) in [4.78, 5) is 26.1. The number of benzene rings is 1. The van der Waals surface area contributed by atoms with Crippen LogP contribution in [-0.2, 0) is 22.4 Å². The topological polar surface area (TPSA) is 92.3 Å². The third-order valence-electron chi connectivity index (χ3n) is 5.05. The molecule has 1 aliphatic rings. The van der Waals surface area contributed by atoms with Crippen molar-refractivity contribution < 1.29 is 18.7 Å². The van der Waals surface area contributed by atoms with Crippen molar-refractivity contribution >= 4 is 39.2 Å². The van der Waals surface area contributed by atoms with Gasteiger partial charge in [0.1, 0.15) is 16.7 Å². The Balaban J connectivity index is 1.46. The molecule has 148 valence electrons. The van der Waals surface area contributed by atoms with Crippen LogP contribution in [-0.4, -0.2) is 18.0 Å². The van der Waals surface area contributed by atoms with Gasteiger partial charge in [-0.1, -0.05) is 24.6 Å². The van der Waals surface area contributed by atoms with Gasteiger partial charge < -0.3 is 14.5 Å². The normalized spacial score (nSPS) is 14.5. The number of ether oxygens (including phenoxy) is 1. The molecule has 0 saturated heterocycles. The Morgan fingerprint density at radius 3 is 2.83 bits per heavy atom. The molecule has 6 nitrogen and oxygen atoms in total. The number of carbonyl (C=O) groups is 2. The highest BCUT2D eigenvalue weighted by atomic mass is 32.1. The van der Waals surface area contributed by atoms with Gasteiger partial charge in [-0.05, 0) is 50.3 Å². The molecule has 2 heterocycles. The lowest BCUT2D eigenvalue weighted by Gasteiger charge is -2.12. The molecule has 2 aromatic heterocycles. The Morgan fingerprint density at radius 2 is 2.03 bits per heavy atom. The minimum atomic E-state index is -1.02. The van der Waals surface area contributed by atoms with Crippen LogP contribution in [0, 0.1) is 11.3 Å². The summed E-state index contributed by atoms with van der Waals surface area (Å²) in [7, 11) is 0. The molecule has 1 aliphatic carbocycles. The first-order valence-corrected chi connectivity index (χ1v) is 10.4. The average Bonchev–Trinajstić information content (AvgIpc) is 3.21. The highest BCUT2D eigenvalue weighted by Crippen LogP contribution is 2.37. The van der Waals surface area contributed by atoms with Gasteiger partial charge in [-0.3, -0.25) is 4.79 Å². The van der Waals surface area contributed by atoms with Gasteiger partial charge in [0, 0.05) is 10.3 Å². The number of amides is 1. The highest BCUT2D eigenvalue weighted by Gasteiger charge is 2.25. The van der Waals surface area contributed by atoms with E-state index < -0.39 is 18.0 Å². The standard InChI is InChI=1S/C22H20N2O4S/c1-13(27-22(26)18-11-14-7-5-6-9-17(14)28-18)20(25)24-21-16(12-23)15-8-3-2-4-10-19(15)29-21/h5-7,9,11,13H,2-4,8,10H2,1H3,(H,24,25)/t13-/m0/s1. The number of nitrogens with zero attached hydrogens (tertiary/aromatic N) is 1. The molecule has 1 aromatic carbocycles. The van der Waals surface area contributed by atoms with Crippen LogP contribution in [0.3, 0.4) is 0 Å². The molecule has 1 atom stereocenters. The number of aryl methyl sites for hydroxylation is 1. The van der Waals surface area contributed by atoms with E-state index in [0.29, 0.717) is 16.1 Å². The Hall–Kier alpha value is -3.11. The van der Waals surface area contributed by atoms with Gasteiger partial charge in [-0.25, -0.2) is 4.79 Å². The largest absolute Gasteiger partial charge is 0.449 e. The number of anilines is 1. The maximum absolute atomic E-state index is 12.6. The van der Waals surface area contributed by atoms with E-state index in [4.69, 9.17) is 9.15 Å².